The average molecular weight is 566 g/mol. The minimum Gasteiger partial charge on any atom is -0.381 e. The first-order valence-corrected chi connectivity index (χ1v) is 11.5. The summed E-state index contributed by atoms with van der Waals surface area (Å²) in [6.07, 6.45) is 1.06. The predicted octanol–water partition coefficient (Wildman–Crippen LogP) is 1.71. The topological polar surface area (TPSA) is 78.4 Å². The van der Waals surface area contributed by atoms with Gasteiger partial charge < -0.3 is 25.0 Å². The highest BCUT2D eigenvalue weighted by atomic mass is 127. The van der Waals surface area contributed by atoms with E-state index < -0.39 is 0 Å². The molecule has 176 valence electrons. The second-order valence-corrected chi connectivity index (χ2v) is 9.38. The molecule has 1 aromatic rings. The van der Waals surface area contributed by atoms with E-state index in [4.69, 9.17) is 9.47 Å². The Kier molecular flexibility index (Phi) is 11.5. The Morgan fingerprint density at radius 1 is 1.26 bits per heavy atom. The van der Waals surface area contributed by atoms with Gasteiger partial charge in [0.2, 0.25) is 5.91 Å². The van der Waals surface area contributed by atoms with E-state index >= 15 is 0 Å². The second-order valence-electron chi connectivity index (χ2n) is 8.06. The minimum absolute atomic E-state index is 0. The van der Waals surface area contributed by atoms with Crippen LogP contribution >= 0.6 is 35.3 Å². The van der Waals surface area contributed by atoms with Crippen LogP contribution in [0.15, 0.2) is 17.1 Å². The fourth-order valence-corrected chi connectivity index (χ4v) is 4.58. The van der Waals surface area contributed by atoms with E-state index in [1.807, 2.05) is 11.3 Å². The molecule has 31 heavy (non-hydrogen) atoms. The van der Waals surface area contributed by atoms with Gasteiger partial charge in [-0.3, -0.25) is 9.69 Å². The molecule has 0 spiro atoms. The third-order valence-corrected chi connectivity index (χ3v) is 6.59. The van der Waals surface area contributed by atoms with Crippen molar-refractivity contribution >= 4 is 47.2 Å². The van der Waals surface area contributed by atoms with Crippen LogP contribution in [0.3, 0.4) is 0 Å². The van der Waals surface area contributed by atoms with E-state index in [0.717, 1.165) is 59.0 Å². The molecule has 2 aliphatic rings. The molecular weight excluding hydrogens is 529 g/mol. The molecule has 2 N–H and O–H groups in total. The lowest BCUT2D eigenvalue weighted by molar-refractivity contribution is -0.127. The molecular formula is C21H36IN5O3S. The monoisotopic (exact) mass is 565 g/mol. The van der Waals surface area contributed by atoms with E-state index in [1.54, 1.807) is 19.0 Å². The van der Waals surface area contributed by atoms with Gasteiger partial charge >= 0.3 is 0 Å². The molecule has 2 saturated heterocycles. The van der Waals surface area contributed by atoms with Crippen molar-refractivity contribution in [3.63, 3.8) is 0 Å². The summed E-state index contributed by atoms with van der Waals surface area (Å²) in [7, 11) is 3.50. The van der Waals surface area contributed by atoms with Crippen molar-refractivity contribution in [3.8, 4) is 0 Å². The highest BCUT2D eigenvalue weighted by Crippen LogP contribution is 2.27. The van der Waals surface area contributed by atoms with Crippen molar-refractivity contribution in [3.05, 3.63) is 21.9 Å². The molecule has 0 saturated carbocycles. The fourth-order valence-electron chi connectivity index (χ4n) is 3.57. The number of ether oxygens (including phenoxy) is 2. The number of nitrogens with zero attached hydrogens (tertiary/aromatic N) is 3. The smallest absolute Gasteiger partial charge is 0.243 e. The highest BCUT2D eigenvalue weighted by molar-refractivity contribution is 14.0. The average Bonchev–Trinajstić information content (AvgIpc) is 3.42. The van der Waals surface area contributed by atoms with E-state index in [0.29, 0.717) is 11.9 Å². The van der Waals surface area contributed by atoms with Crippen molar-refractivity contribution in [1.29, 1.82) is 0 Å². The molecule has 1 amide bonds. The van der Waals surface area contributed by atoms with Crippen molar-refractivity contribution in [1.82, 2.24) is 20.4 Å². The lowest BCUT2D eigenvalue weighted by Crippen LogP contribution is -2.47. The number of aryl methyl sites for hydroxylation is 1. The summed E-state index contributed by atoms with van der Waals surface area (Å²) in [6.45, 7) is 8.75. The molecule has 2 aliphatic heterocycles. The summed E-state index contributed by atoms with van der Waals surface area (Å²) in [5.74, 6) is 1.15. The minimum atomic E-state index is -0.0149. The molecule has 1 aromatic heterocycles. The zero-order valence-electron chi connectivity index (χ0n) is 18.8. The van der Waals surface area contributed by atoms with Gasteiger partial charge in [0.05, 0.1) is 25.9 Å². The SMILES string of the molecule is Cc1ccc(C(CNC(=NCC(=O)N(C)C)NCC2CCOC2)N2CCOCC2)s1.I. The number of guanidine groups is 1. The van der Waals surface area contributed by atoms with Gasteiger partial charge in [-0.05, 0) is 25.5 Å². The molecule has 2 atom stereocenters. The Morgan fingerprint density at radius 2 is 2.03 bits per heavy atom. The number of hydrogen-bond acceptors (Lipinski definition) is 6. The van der Waals surface area contributed by atoms with Crippen LogP contribution in [0, 0.1) is 12.8 Å². The summed E-state index contributed by atoms with van der Waals surface area (Å²) in [5, 5.41) is 6.91. The number of rotatable bonds is 8. The Labute approximate surface area is 206 Å². The quantitative estimate of drug-likeness (QED) is 0.284. The summed E-state index contributed by atoms with van der Waals surface area (Å²) >= 11 is 1.84. The predicted molar refractivity (Wildman–Crippen MR) is 136 cm³/mol. The van der Waals surface area contributed by atoms with Crippen molar-refractivity contribution < 1.29 is 14.3 Å². The van der Waals surface area contributed by atoms with Gasteiger partial charge in [0, 0.05) is 62.6 Å². The van der Waals surface area contributed by atoms with Crippen molar-refractivity contribution in [2.24, 2.45) is 10.9 Å². The van der Waals surface area contributed by atoms with Crippen LogP contribution in [0.4, 0.5) is 0 Å². The molecule has 3 rings (SSSR count). The molecule has 0 radical (unpaired) electrons. The largest absolute Gasteiger partial charge is 0.381 e. The van der Waals surface area contributed by atoms with Crippen LogP contribution in [0.5, 0.6) is 0 Å². The van der Waals surface area contributed by atoms with Gasteiger partial charge in [-0.2, -0.15) is 0 Å². The number of thiophene rings is 1. The van der Waals surface area contributed by atoms with Gasteiger partial charge in [0.1, 0.15) is 6.54 Å². The number of carbonyl (C=O) groups excluding carboxylic acids is 1. The summed E-state index contributed by atoms with van der Waals surface area (Å²) in [6, 6.07) is 4.65. The lowest BCUT2D eigenvalue weighted by atomic mass is 10.1. The summed E-state index contributed by atoms with van der Waals surface area (Å²) in [4.78, 5) is 23.3. The number of likely N-dealkylation sites (N-methyl/N-ethyl adjacent to an activating group) is 1. The first kappa shape index (κ1) is 26.3. The third kappa shape index (κ3) is 8.49. The second kappa shape index (κ2) is 13.6. The molecule has 2 unspecified atom stereocenters. The van der Waals surface area contributed by atoms with Crippen LogP contribution in [0.2, 0.25) is 0 Å². The number of halogens is 1. The third-order valence-electron chi connectivity index (χ3n) is 5.49. The van der Waals surface area contributed by atoms with E-state index in [2.05, 4.69) is 39.6 Å². The summed E-state index contributed by atoms with van der Waals surface area (Å²) < 4.78 is 11.0. The first-order chi connectivity index (χ1) is 14.5. The maximum Gasteiger partial charge on any atom is 0.243 e. The van der Waals surface area contributed by atoms with Gasteiger partial charge in [-0.15, -0.1) is 35.3 Å². The molecule has 0 aliphatic carbocycles. The van der Waals surface area contributed by atoms with Crippen molar-refractivity contribution in [2.75, 3.05) is 73.2 Å². The van der Waals surface area contributed by atoms with E-state index in [1.165, 1.54) is 9.75 Å². The standard InChI is InChI=1S/C21H35N5O3S.HI/c1-16-4-5-19(30-16)18(26-7-10-28-11-8-26)13-23-21(24-14-20(27)25(2)3)22-12-17-6-9-29-15-17;/h4-5,17-18H,6-15H2,1-3H3,(H2,22,23,24);1H. The number of amides is 1. The zero-order valence-corrected chi connectivity index (χ0v) is 21.9. The van der Waals surface area contributed by atoms with Gasteiger partial charge in [-0.1, -0.05) is 0 Å². The van der Waals surface area contributed by atoms with Gasteiger partial charge in [0.25, 0.3) is 0 Å². The molecule has 0 bridgehead atoms. The van der Waals surface area contributed by atoms with Crippen LogP contribution in [0.25, 0.3) is 0 Å². The highest BCUT2D eigenvalue weighted by Gasteiger charge is 2.24. The van der Waals surface area contributed by atoms with E-state index in [-0.39, 0.29) is 42.5 Å². The van der Waals surface area contributed by atoms with Crippen LogP contribution < -0.4 is 10.6 Å². The number of aliphatic imine (C=N–C) groups is 1. The molecule has 3 heterocycles. The van der Waals surface area contributed by atoms with E-state index in [9.17, 15) is 4.79 Å². The van der Waals surface area contributed by atoms with Crippen LogP contribution in [-0.2, 0) is 14.3 Å². The molecule has 2 fully saturated rings. The molecule has 0 aromatic carbocycles. The Hall–Kier alpha value is -0.950. The normalized spacial score (nSPS) is 20.7. The Bertz CT molecular complexity index is 703. The van der Waals surface area contributed by atoms with Gasteiger partial charge in [-0.25, -0.2) is 4.99 Å². The van der Waals surface area contributed by atoms with Crippen molar-refractivity contribution in [2.45, 2.75) is 19.4 Å². The molecule has 10 heteroatoms. The fraction of sp³-hybridized carbons (Fsp3) is 0.714. The Balaban J connectivity index is 0.00000341. The summed E-state index contributed by atoms with van der Waals surface area (Å²) in [5.41, 5.74) is 0. The zero-order chi connectivity index (χ0) is 21.3. The maximum absolute atomic E-state index is 12.0. The number of hydrogen-bond donors (Lipinski definition) is 2. The molecule has 8 nitrogen and oxygen atoms in total. The van der Waals surface area contributed by atoms with Crippen LogP contribution in [-0.4, -0.2) is 94.9 Å². The Morgan fingerprint density at radius 3 is 2.65 bits per heavy atom. The number of morpholine rings is 1. The number of carbonyl (C=O) groups is 1. The lowest BCUT2D eigenvalue weighted by Gasteiger charge is -2.34. The maximum atomic E-state index is 12.0. The van der Waals surface area contributed by atoms with Crippen LogP contribution in [0.1, 0.15) is 22.2 Å². The number of nitrogens with one attached hydrogen (secondary N) is 2. The first-order valence-electron chi connectivity index (χ1n) is 10.7. The van der Waals surface area contributed by atoms with Gasteiger partial charge in [0.15, 0.2) is 5.96 Å².